The Morgan fingerprint density at radius 1 is 1.31 bits per heavy atom. The first-order valence-corrected chi connectivity index (χ1v) is 11.0. The SMILES string of the molecule is CCn1cc(C(=O)Nc2cccc(C)c2)c(S(=O)(=O)N2CCSCC2)n1. The molecule has 0 radical (unpaired) electrons. The van der Waals surface area contributed by atoms with E-state index in [1.165, 1.54) is 15.2 Å². The molecule has 1 N–H and O–H groups in total. The van der Waals surface area contributed by atoms with Crippen LogP contribution in [0.3, 0.4) is 0 Å². The largest absolute Gasteiger partial charge is 0.322 e. The third kappa shape index (κ3) is 3.94. The molecule has 0 bridgehead atoms. The third-order valence-corrected chi connectivity index (χ3v) is 6.90. The lowest BCUT2D eigenvalue weighted by Gasteiger charge is -2.24. The molecule has 140 valence electrons. The van der Waals surface area contributed by atoms with Crippen LogP contribution in [0.1, 0.15) is 22.8 Å². The van der Waals surface area contributed by atoms with E-state index in [4.69, 9.17) is 0 Å². The Hall–Kier alpha value is -1.84. The number of anilines is 1. The van der Waals surface area contributed by atoms with Gasteiger partial charge in [0.25, 0.3) is 15.9 Å². The zero-order valence-electron chi connectivity index (χ0n) is 14.8. The summed E-state index contributed by atoms with van der Waals surface area (Å²) in [5.41, 5.74) is 1.70. The van der Waals surface area contributed by atoms with E-state index >= 15 is 0 Å². The summed E-state index contributed by atoms with van der Waals surface area (Å²) in [4.78, 5) is 12.8. The number of sulfonamides is 1. The minimum Gasteiger partial charge on any atom is -0.322 e. The highest BCUT2D eigenvalue weighted by Gasteiger charge is 2.33. The van der Waals surface area contributed by atoms with Gasteiger partial charge in [0.2, 0.25) is 5.03 Å². The van der Waals surface area contributed by atoms with E-state index in [2.05, 4.69) is 10.4 Å². The van der Waals surface area contributed by atoms with Crippen LogP contribution in [-0.2, 0) is 16.6 Å². The first-order valence-electron chi connectivity index (χ1n) is 8.45. The topological polar surface area (TPSA) is 84.3 Å². The van der Waals surface area contributed by atoms with Crippen LogP contribution in [0.2, 0.25) is 0 Å². The molecule has 1 aromatic carbocycles. The van der Waals surface area contributed by atoms with Gasteiger partial charge in [-0.05, 0) is 31.5 Å². The number of nitrogens with zero attached hydrogens (tertiary/aromatic N) is 3. The fourth-order valence-corrected chi connectivity index (χ4v) is 5.42. The van der Waals surface area contributed by atoms with Gasteiger partial charge in [-0.2, -0.15) is 21.2 Å². The lowest BCUT2D eigenvalue weighted by Crippen LogP contribution is -2.38. The van der Waals surface area contributed by atoms with Crippen LogP contribution >= 0.6 is 11.8 Å². The molecule has 26 heavy (non-hydrogen) atoms. The average Bonchev–Trinajstić information content (AvgIpc) is 3.08. The minimum absolute atomic E-state index is 0.0755. The summed E-state index contributed by atoms with van der Waals surface area (Å²) < 4.78 is 28.9. The van der Waals surface area contributed by atoms with E-state index in [1.807, 2.05) is 32.0 Å². The van der Waals surface area contributed by atoms with Gasteiger partial charge in [-0.1, -0.05) is 12.1 Å². The number of hydrogen-bond donors (Lipinski definition) is 1. The summed E-state index contributed by atoms with van der Waals surface area (Å²) in [5.74, 6) is 1.03. The van der Waals surface area contributed by atoms with Gasteiger partial charge in [0.05, 0.1) is 5.56 Å². The van der Waals surface area contributed by atoms with Gasteiger partial charge in [-0.15, -0.1) is 0 Å². The van der Waals surface area contributed by atoms with E-state index < -0.39 is 15.9 Å². The van der Waals surface area contributed by atoms with E-state index in [0.29, 0.717) is 25.3 Å². The average molecular weight is 395 g/mol. The number of aryl methyl sites for hydroxylation is 2. The summed E-state index contributed by atoms with van der Waals surface area (Å²) in [5, 5.41) is 6.78. The second-order valence-corrected chi connectivity index (χ2v) is 9.12. The van der Waals surface area contributed by atoms with Gasteiger partial charge in [0.1, 0.15) is 0 Å². The molecule has 0 spiro atoms. The smallest absolute Gasteiger partial charge is 0.263 e. The fourth-order valence-electron chi connectivity index (χ4n) is 2.74. The Bertz CT molecular complexity index is 902. The number of rotatable bonds is 5. The van der Waals surface area contributed by atoms with Crippen molar-refractivity contribution in [2.24, 2.45) is 0 Å². The van der Waals surface area contributed by atoms with Crippen LogP contribution in [0.15, 0.2) is 35.5 Å². The number of hydrogen-bond acceptors (Lipinski definition) is 5. The van der Waals surface area contributed by atoms with Crippen LogP contribution in [0, 0.1) is 6.92 Å². The molecule has 2 aromatic rings. The molecule has 1 fully saturated rings. The highest BCUT2D eigenvalue weighted by atomic mass is 32.2. The summed E-state index contributed by atoms with van der Waals surface area (Å²) >= 11 is 1.72. The van der Waals surface area contributed by atoms with Crippen LogP contribution in [0.4, 0.5) is 5.69 Å². The van der Waals surface area contributed by atoms with Gasteiger partial charge in [0.15, 0.2) is 0 Å². The highest BCUT2D eigenvalue weighted by Crippen LogP contribution is 2.23. The van der Waals surface area contributed by atoms with Crippen molar-refractivity contribution in [3.8, 4) is 0 Å². The normalized spacial score (nSPS) is 15.8. The molecule has 1 amide bonds. The van der Waals surface area contributed by atoms with Crippen LogP contribution < -0.4 is 5.32 Å². The Morgan fingerprint density at radius 3 is 2.69 bits per heavy atom. The van der Waals surface area contributed by atoms with Crippen molar-refractivity contribution in [2.45, 2.75) is 25.4 Å². The summed E-state index contributed by atoms with van der Waals surface area (Å²) in [7, 11) is -3.80. The van der Waals surface area contributed by atoms with Gasteiger partial charge < -0.3 is 5.32 Å². The maximum absolute atomic E-state index is 13.0. The van der Waals surface area contributed by atoms with Crippen LogP contribution in [0.25, 0.3) is 0 Å². The molecule has 1 aromatic heterocycles. The van der Waals surface area contributed by atoms with Crippen molar-refractivity contribution >= 4 is 33.4 Å². The van der Waals surface area contributed by atoms with E-state index in [-0.39, 0.29) is 10.6 Å². The molecular formula is C17H22N4O3S2. The lowest BCUT2D eigenvalue weighted by atomic mass is 10.2. The third-order valence-electron chi connectivity index (χ3n) is 4.13. The fraction of sp³-hybridized carbons (Fsp3) is 0.412. The monoisotopic (exact) mass is 394 g/mol. The molecular weight excluding hydrogens is 372 g/mol. The van der Waals surface area contributed by atoms with Crippen molar-refractivity contribution < 1.29 is 13.2 Å². The molecule has 3 rings (SSSR count). The molecule has 0 atom stereocenters. The Balaban J connectivity index is 1.94. The molecule has 1 saturated heterocycles. The van der Waals surface area contributed by atoms with Gasteiger partial charge in [-0.3, -0.25) is 9.48 Å². The molecule has 7 nitrogen and oxygen atoms in total. The second-order valence-electron chi connectivity index (χ2n) is 6.04. The second kappa shape index (κ2) is 7.81. The first kappa shape index (κ1) is 18.9. The van der Waals surface area contributed by atoms with Crippen molar-refractivity contribution in [3.63, 3.8) is 0 Å². The van der Waals surface area contributed by atoms with E-state index in [9.17, 15) is 13.2 Å². The first-order chi connectivity index (χ1) is 12.4. The highest BCUT2D eigenvalue weighted by molar-refractivity contribution is 7.99. The molecule has 0 aliphatic carbocycles. The van der Waals surface area contributed by atoms with Crippen molar-refractivity contribution in [3.05, 3.63) is 41.6 Å². The van der Waals surface area contributed by atoms with E-state index in [0.717, 1.165) is 17.1 Å². The Morgan fingerprint density at radius 2 is 2.04 bits per heavy atom. The number of amides is 1. The van der Waals surface area contributed by atoms with Crippen molar-refractivity contribution in [1.29, 1.82) is 0 Å². The van der Waals surface area contributed by atoms with Crippen molar-refractivity contribution in [1.82, 2.24) is 14.1 Å². The Kier molecular flexibility index (Phi) is 5.69. The molecule has 1 aliphatic heterocycles. The quantitative estimate of drug-likeness (QED) is 0.840. The predicted molar refractivity (Wildman–Crippen MR) is 103 cm³/mol. The van der Waals surface area contributed by atoms with Crippen molar-refractivity contribution in [2.75, 3.05) is 29.9 Å². The number of carbonyl (C=O) groups excluding carboxylic acids is 1. The number of carbonyl (C=O) groups is 1. The zero-order chi connectivity index (χ0) is 18.7. The van der Waals surface area contributed by atoms with Crippen LogP contribution in [-0.4, -0.2) is 53.0 Å². The summed E-state index contributed by atoms with van der Waals surface area (Å²) in [6.45, 7) is 5.13. The molecule has 2 heterocycles. The van der Waals surface area contributed by atoms with Gasteiger partial charge >= 0.3 is 0 Å². The number of aromatic nitrogens is 2. The van der Waals surface area contributed by atoms with Crippen LogP contribution in [0.5, 0.6) is 0 Å². The number of nitrogens with one attached hydrogen (secondary N) is 1. The molecule has 0 saturated carbocycles. The molecule has 9 heteroatoms. The number of benzene rings is 1. The van der Waals surface area contributed by atoms with Gasteiger partial charge in [-0.25, -0.2) is 8.42 Å². The summed E-state index contributed by atoms with van der Waals surface area (Å²) in [6.07, 6.45) is 1.50. The number of thioether (sulfide) groups is 1. The van der Waals surface area contributed by atoms with E-state index in [1.54, 1.807) is 17.8 Å². The summed E-state index contributed by atoms with van der Waals surface area (Å²) in [6, 6.07) is 7.36. The lowest BCUT2D eigenvalue weighted by molar-refractivity contribution is 0.102. The molecule has 0 unspecified atom stereocenters. The van der Waals surface area contributed by atoms with Gasteiger partial charge in [0, 0.05) is 43.0 Å². The predicted octanol–water partition coefficient (Wildman–Crippen LogP) is 2.20. The minimum atomic E-state index is -3.80. The standard InChI is InChI=1S/C17H22N4O3S2/c1-3-20-12-15(16(22)18-14-6-4-5-13(2)11-14)17(19-20)26(23,24)21-7-9-25-10-8-21/h4-6,11-12H,3,7-10H2,1-2H3,(H,18,22). The zero-order valence-corrected chi connectivity index (χ0v) is 16.4. The maximum atomic E-state index is 13.0. The molecule has 1 aliphatic rings. The Labute approximate surface area is 157 Å². The maximum Gasteiger partial charge on any atom is 0.263 e.